The average molecular weight is 453 g/mol. The summed E-state index contributed by atoms with van der Waals surface area (Å²) >= 11 is 6.13. The monoisotopic (exact) mass is 452 g/mol. The SMILES string of the molecule is CCOC(=O)c1ccc(NC(=O)[C@H](C)N(c2cc(C)ccc2C)S(C)(=O)=O)cc1Cl. The van der Waals surface area contributed by atoms with Crippen molar-refractivity contribution in [3.05, 3.63) is 58.1 Å². The molecular weight excluding hydrogens is 428 g/mol. The zero-order valence-corrected chi connectivity index (χ0v) is 19.1. The summed E-state index contributed by atoms with van der Waals surface area (Å²) in [7, 11) is -3.74. The molecule has 1 amide bonds. The molecule has 9 heteroatoms. The summed E-state index contributed by atoms with van der Waals surface area (Å²) in [5, 5.41) is 2.77. The predicted octanol–water partition coefficient (Wildman–Crippen LogP) is 3.93. The minimum atomic E-state index is -3.74. The van der Waals surface area contributed by atoms with Crippen molar-refractivity contribution >= 4 is 44.9 Å². The molecule has 0 radical (unpaired) electrons. The maximum absolute atomic E-state index is 12.9. The van der Waals surface area contributed by atoms with Crippen LogP contribution in [0.5, 0.6) is 0 Å². The molecule has 7 nitrogen and oxygen atoms in total. The summed E-state index contributed by atoms with van der Waals surface area (Å²) in [6, 6.07) is 8.75. The van der Waals surface area contributed by atoms with Crippen LogP contribution in [0.2, 0.25) is 5.02 Å². The number of benzene rings is 2. The van der Waals surface area contributed by atoms with Crippen LogP contribution >= 0.6 is 11.6 Å². The molecule has 0 bridgehead atoms. The lowest BCUT2D eigenvalue weighted by Gasteiger charge is -2.29. The van der Waals surface area contributed by atoms with Crippen LogP contribution in [-0.4, -0.2) is 39.2 Å². The largest absolute Gasteiger partial charge is 0.462 e. The van der Waals surface area contributed by atoms with Crippen LogP contribution in [0.25, 0.3) is 0 Å². The quantitative estimate of drug-likeness (QED) is 0.642. The van der Waals surface area contributed by atoms with Crippen LogP contribution in [0.15, 0.2) is 36.4 Å². The van der Waals surface area contributed by atoms with Crippen molar-refractivity contribution in [1.29, 1.82) is 0 Å². The second kappa shape index (κ2) is 9.49. The van der Waals surface area contributed by atoms with E-state index in [1.807, 2.05) is 13.0 Å². The maximum atomic E-state index is 12.9. The van der Waals surface area contributed by atoms with Gasteiger partial charge in [0.15, 0.2) is 0 Å². The van der Waals surface area contributed by atoms with Crippen LogP contribution in [0, 0.1) is 13.8 Å². The smallest absolute Gasteiger partial charge is 0.339 e. The highest BCUT2D eigenvalue weighted by atomic mass is 35.5. The number of hydrogen-bond donors (Lipinski definition) is 1. The molecule has 0 heterocycles. The van der Waals surface area contributed by atoms with Gasteiger partial charge in [-0.15, -0.1) is 0 Å². The minimum Gasteiger partial charge on any atom is -0.462 e. The first kappa shape index (κ1) is 23.7. The van der Waals surface area contributed by atoms with Crippen molar-refractivity contribution < 1.29 is 22.7 Å². The van der Waals surface area contributed by atoms with Gasteiger partial charge in [0.05, 0.1) is 29.1 Å². The molecule has 2 rings (SSSR count). The van der Waals surface area contributed by atoms with E-state index in [4.69, 9.17) is 16.3 Å². The van der Waals surface area contributed by atoms with Crippen LogP contribution in [0.3, 0.4) is 0 Å². The molecule has 30 heavy (non-hydrogen) atoms. The predicted molar refractivity (Wildman–Crippen MR) is 119 cm³/mol. The number of rotatable bonds is 7. The number of hydrogen-bond acceptors (Lipinski definition) is 5. The van der Waals surface area contributed by atoms with Crippen molar-refractivity contribution in [3.8, 4) is 0 Å². The Balaban J connectivity index is 2.31. The third kappa shape index (κ3) is 5.52. The number of carbonyl (C=O) groups is 2. The highest BCUT2D eigenvalue weighted by molar-refractivity contribution is 7.92. The average Bonchev–Trinajstić information content (AvgIpc) is 2.63. The summed E-state index contributed by atoms with van der Waals surface area (Å²) in [4.78, 5) is 24.7. The number of nitrogens with one attached hydrogen (secondary N) is 1. The van der Waals surface area contributed by atoms with Crippen LogP contribution in [0.4, 0.5) is 11.4 Å². The highest BCUT2D eigenvalue weighted by Gasteiger charge is 2.30. The summed E-state index contributed by atoms with van der Waals surface area (Å²) < 4.78 is 31.0. The Labute approximate surface area is 182 Å². The van der Waals surface area contributed by atoms with E-state index in [0.717, 1.165) is 21.7 Å². The van der Waals surface area contributed by atoms with Crippen molar-refractivity contribution in [3.63, 3.8) is 0 Å². The summed E-state index contributed by atoms with van der Waals surface area (Å²) in [5.74, 6) is -1.10. The number of aryl methyl sites for hydroxylation is 2. The number of esters is 1. The molecule has 0 saturated carbocycles. The van der Waals surface area contributed by atoms with Crippen molar-refractivity contribution in [2.75, 3.05) is 22.5 Å². The molecule has 0 fully saturated rings. The molecule has 0 unspecified atom stereocenters. The summed E-state index contributed by atoms with van der Waals surface area (Å²) in [5.41, 5.74) is 2.55. The first-order chi connectivity index (χ1) is 14.0. The molecule has 162 valence electrons. The molecule has 0 spiro atoms. The standard InChI is InChI=1S/C21H25ClN2O5S/c1-6-29-21(26)17-10-9-16(12-18(17)22)23-20(25)15(4)24(30(5,27)28)19-11-13(2)7-8-14(19)3/h7-12,15H,6H2,1-5H3,(H,23,25)/t15-/m0/s1. The van der Waals surface area contributed by atoms with E-state index in [-0.39, 0.29) is 17.2 Å². The highest BCUT2D eigenvalue weighted by Crippen LogP contribution is 2.27. The second-order valence-corrected chi connectivity index (χ2v) is 9.20. The maximum Gasteiger partial charge on any atom is 0.339 e. The van der Waals surface area contributed by atoms with E-state index in [9.17, 15) is 18.0 Å². The van der Waals surface area contributed by atoms with Gasteiger partial charge in [-0.2, -0.15) is 0 Å². The van der Waals surface area contributed by atoms with Gasteiger partial charge >= 0.3 is 5.97 Å². The molecule has 2 aromatic carbocycles. The van der Waals surface area contributed by atoms with Gasteiger partial charge in [-0.25, -0.2) is 13.2 Å². The molecule has 0 aromatic heterocycles. The molecule has 1 N–H and O–H groups in total. The van der Waals surface area contributed by atoms with Gasteiger partial charge in [0, 0.05) is 5.69 Å². The zero-order chi connectivity index (χ0) is 22.6. The summed E-state index contributed by atoms with van der Waals surface area (Å²) in [6.45, 7) is 7.04. The minimum absolute atomic E-state index is 0.119. The van der Waals surface area contributed by atoms with E-state index in [1.54, 1.807) is 26.0 Å². The van der Waals surface area contributed by atoms with E-state index in [2.05, 4.69) is 5.32 Å². The molecule has 2 aromatic rings. The van der Waals surface area contributed by atoms with Crippen LogP contribution < -0.4 is 9.62 Å². The Bertz CT molecular complexity index is 1070. The first-order valence-electron chi connectivity index (χ1n) is 9.30. The number of carbonyl (C=O) groups excluding carboxylic acids is 2. The lowest BCUT2D eigenvalue weighted by Crippen LogP contribution is -2.45. The van der Waals surface area contributed by atoms with Gasteiger partial charge in [0.25, 0.3) is 0 Å². The van der Waals surface area contributed by atoms with Gasteiger partial charge in [-0.1, -0.05) is 23.7 Å². The lowest BCUT2D eigenvalue weighted by atomic mass is 10.1. The summed E-state index contributed by atoms with van der Waals surface area (Å²) in [6.07, 6.45) is 1.06. The van der Waals surface area contributed by atoms with Crippen molar-refractivity contribution in [1.82, 2.24) is 0 Å². The van der Waals surface area contributed by atoms with Gasteiger partial charge < -0.3 is 10.1 Å². The van der Waals surface area contributed by atoms with Gasteiger partial charge in [0.1, 0.15) is 6.04 Å². The van der Waals surface area contributed by atoms with E-state index in [0.29, 0.717) is 11.4 Å². The number of sulfonamides is 1. The lowest BCUT2D eigenvalue weighted by molar-refractivity contribution is -0.116. The number of ether oxygens (including phenoxy) is 1. The van der Waals surface area contributed by atoms with E-state index < -0.39 is 27.9 Å². The number of anilines is 2. The Morgan fingerprint density at radius 3 is 2.40 bits per heavy atom. The molecule has 1 atom stereocenters. The van der Waals surface area contributed by atoms with Crippen molar-refractivity contribution in [2.24, 2.45) is 0 Å². The van der Waals surface area contributed by atoms with E-state index in [1.165, 1.54) is 25.1 Å². The normalized spacial score (nSPS) is 12.2. The fraction of sp³-hybridized carbons (Fsp3) is 0.333. The Morgan fingerprint density at radius 2 is 1.83 bits per heavy atom. The molecular formula is C21H25ClN2O5S. The van der Waals surface area contributed by atoms with Gasteiger partial charge in [0.2, 0.25) is 15.9 Å². The fourth-order valence-electron chi connectivity index (χ4n) is 2.95. The Morgan fingerprint density at radius 1 is 1.17 bits per heavy atom. The number of halogens is 1. The third-order valence-electron chi connectivity index (χ3n) is 4.42. The molecule has 0 aliphatic carbocycles. The van der Waals surface area contributed by atoms with Gasteiger partial charge in [-0.3, -0.25) is 9.10 Å². The topological polar surface area (TPSA) is 92.8 Å². The third-order valence-corrected chi connectivity index (χ3v) is 5.96. The second-order valence-electron chi connectivity index (χ2n) is 6.93. The van der Waals surface area contributed by atoms with E-state index >= 15 is 0 Å². The van der Waals surface area contributed by atoms with Crippen molar-refractivity contribution in [2.45, 2.75) is 33.7 Å². The number of amides is 1. The number of nitrogens with zero attached hydrogens (tertiary/aromatic N) is 1. The van der Waals surface area contributed by atoms with Crippen LogP contribution in [0.1, 0.15) is 35.3 Å². The fourth-order valence-corrected chi connectivity index (χ4v) is 4.43. The zero-order valence-electron chi connectivity index (χ0n) is 17.5. The van der Waals surface area contributed by atoms with Gasteiger partial charge in [-0.05, 0) is 63.1 Å². The Kier molecular flexibility index (Phi) is 7.49. The molecule has 0 aliphatic heterocycles. The first-order valence-corrected chi connectivity index (χ1v) is 11.5. The molecule has 0 saturated heterocycles. The van der Waals surface area contributed by atoms with Crippen LogP contribution in [-0.2, 0) is 19.6 Å². The molecule has 0 aliphatic rings. The Hall–Kier alpha value is -2.58.